The van der Waals surface area contributed by atoms with Crippen LogP contribution in [-0.2, 0) is 5.41 Å². The highest BCUT2D eigenvalue weighted by Gasteiger charge is 2.46. The van der Waals surface area contributed by atoms with Gasteiger partial charge in [0, 0.05) is 0 Å². The quantitative estimate of drug-likeness (QED) is 0.147. The summed E-state index contributed by atoms with van der Waals surface area (Å²) in [5.41, 5.74) is 9.09. The Morgan fingerprint density at radius 2 is 1.15 bits per heavy atom. The second kappa shape index (κ2) is 10.2. The molecule has 1 aliphatic rings. The maximum absolute atomic E-state index is 5.60. The van der Waals surface area contributed by atoms with Crippen molar-refractivity contribution in [2.45, 2.75) is 12.3 Å². The van der Waals surface area contributed by atoms with Crippen molar-refractivity contribution in [2.24, 2.45) is 0 Å². The van der Waals surface area contributed by atoms with E-state index in [1.807, 2.05) is 36.4 Å². The predicted molar refractivity (Wildman–Crippen MR) is 167 cm³/mol. The molecule has 2 nitrogen and oxygen atoms in total. The van der Waals surface area contributed by atoms with Gasteiger partial charge in [0.05, 0.1) is 17.9 Å². The van der Waals surface area contributed by atoms with Crippen molar-refractivity contribution in [1.29, 1.82) is 0 Å². The van der Waals surface area contributed by atoms with Gasteiger partial charge in [-0.1, -0.05) is 92.6 Å². The summed E-state index contributed by atoms with van der Waals surface area (Å²) in [6.07, 6.45) is 8.86. The van der Waals surface area contributed by atoms with Crippen LogP contribution in [0.5, 0.6) is 11.5 Å². The molecule has 0 bridgehead atoms. The van der Waals surface area contributed by atoms with Gasteiger partial charge in [-0.05, 0) is 105 Å². The molecule has 194 valence electrons. The molecule has 0 N–H and O–H groups in total. The Bertz CT molecular complexity index is 1730. The average molecular weight is 519 g/mol. The third-order valence-corrected chi connectivity index (χ3v) is 7.82. The van der Waals surface area contributed by atoms with Gasteiger partial charge in [0.25, 0.3) is 0 Å². The lowest BCUT2D eigenvalue weighted by molar-refractivity contribution is 0.482. The van der Waals surface area contributed by atoms with E-state index in [1.165, 1.54) is 56.7 Å². The van der Waals surface area contributed by atoms with Gasteiger partial charge in [0.15, 0.2) is 0 Å². The zero-order chi connectivity index (χ0) is 27.7. The minimum absolute atomic E-state index is 0.571. The first-order valence-corrected chi connectivity index (χ1v) is 13.3. The summed E-state index contributed by atoms with van der Waals surface area (Å²) in [7, 11) is 0. The van der Waals surface area contributed by atoms with E-state index in [4.69, 9.17) is 9.47 Å². The van der Waals surface area contributed by atoms with Crippen LogP contribution >= 0.6 is 0 Å². The van der Waals surface area contributed by atoms with Crippen LogP contribution in [0.15, 0.2) is 141 Å². The molecule has 0 radical (unpaired) electrons. The van der Waals surface area contributed by atoms with Gasteiger partial charge in [-0.3, -0.25) is 0 Å². The van der Waals surface area contributed by atoms with Gasteiger partial charge in [-0.15, -0.1) is 0 Å². The summed E-state index contributed by atoms with van der Waals surface area (Å²) in [5.74, 6) is 1.50. The highest BCUT2D eigenvalue weighted by atomic mass is 16.5. The first-order valence-electron chi connectivity index (χ1n) is 13.3. The zero-order valence-electron chi connectivity index (χ0n) is 22.6. The minimum Gasteiger partial charge on any atom is -0.466 e. The number of allylic oxidation sites excluding steroid dienone is 2. The first-order chi connectivity index (χ1) is 19.6. The summed E-state index contributed by atoms with van der Waals surface area (Å²) in [6, 6.07) is 34.7. The number of hydrogen-bond acceptors (Lipinski definition) is 2. The van der Waals surface area contributed by atoms with Crippen LogP contribution in [-0.4, -0.2) is 0 Å². The molecule has 0 saturated heterocycles. The zero-order valence-corrected chi connectivity index (χ0v) is 22.6. The summed E-state index contributed by atoms with van der Waals surface area (Å²) in [5, 5.41) is 2.43. The third-order valence-electron chi connectivity index (χ3n) is 7.82. The van der Waals surface area contributed by atoms with Gasteiger partial charge < -0.3 is 9.47 Å². The van der Waals surface area contributed by atoms with Gasteiger partial charge >= 0.3 is 0 Å². The summed E-state index contributed by atoms with van der Waals surface area (Å²) < 4.78 is 11.2. The Morgan fingerprint density at radius 3 is 1.70 bits per heavy atom. The van der Waals surface area contributed by atoms with Crippen molar-refractivity contribution in [3.05, 3.63) is 175 Å². The number of benzene rings is 5. The van der Waals surface area contributed by atoms with E-state index < -0.39 is 5.41 Å². The SMILES string of the molecule is C=C/C=C\c1cc2c(cc1C)-c1cc3ccccc3cc1C2(c1ccc(OC=C)cc1)c1ccc(OC=C)cc1. The van der Waals surface area contributed by atoms with Crippen molar-refractivity contribution < 1.29 is 9.47 Å². The molecule has 0 saturated carbocycles. The molecular formula is C38H30O2. The lowest BCUT2D eigenvalue weighted by atomic mass is 9.67. The highest BCUT2D eigenvalue weighted by Crippen LogP contribution is 2.57. The number of rotatable bonds is 8. The standard InChI is InChI=1S/C38H30O2/c1-5-8-11-27-24-36-34(22-26(27)4)35-23-28-12-9-10-13-29(28)25-37(35)38(36,30-14-18-32(19-15-30)39-6-2)31-16-20-33(21-17-31)40-7-3/h5-25H,1-3H2,4H3/b11-8-. The van der Waals surface area contributed by atoms with E-state index in [-0.39, 0.29) is 0 Å². The molecule has 0 fully saturated rings. The fraction of sp³-hybridized carbons (Fsp3) is 0.0526. The fourth-order valence-corrected chi connectivity index (χ4v) is 6.08. The maximum atomic E-state index is 5.60. The Balaban J connectivity index is 1.75. The summed E-state index contributed by atoms with van der Waals surface area (Å²) in [6.45, 7) is 13.5. The van der Waals surface area contributed by atoms with Crippen LogP contribution in [0.2, 0.25) is 0 Å². The van der Waals surface area contributed by atoms with E-state index >= 15 is 0 Å². The van der Waals surface area contributed by atoms with Crippen LogP contribution in [0, 0.1) is 6.92 Å². The molecule has 6 rings (SSSR count). The van der Waals surface area contributed by atoms with Crippen molar-refractivity contribution in [1.82, 2.24) is 0 Å². The van der Waals surface area contributed by atoms with Crippen molar-refractivity contribution >= 4 is 16.8 Å². The summed E-state index contributed by atoms with van der Waals surface area (Å²) >= 11 is 0. The third kappa shape index (κ3) is 3.97. The number of ether oxygens (including phenoxy) is 2. The molecule has 0 heterocycles. The maximum Gasteiger partial charge on any atom is 0.126 e. The first kappa shape index (κ1) is 25.2. The van der Waals surface area contributed by atoms with E-state index in [0.717, 1.165) is 22.6 Å². The Morgan fingerprint density at radius 1 is 0.625 bits per heavy atom. The second-order valence-electron chi connectivity index (χ2n) is 9.96. The Hall–Kier alpha value is -5.08. The predicted octanol–water partition coefficient (Wildman–Crippen LogP) is 9.76. The Kier molecular flexibility index (Phi) is 6.45. The van der Waals surface area contributed by atoms with E-state index in [2.05, 4.69) is 106 Å². The second-order valence-corrected chi connectivity index (χ2v) is 9.96. The monoisotopic (exact) mass is 518 g/mol. The lowest BCUT2D eigenvalue weighted by Gasteiger charge is -2.34. The molecular weight excluding hydrogens is 488 g/mol. The molecule has 0 aliphatic heterocycles. The molecule has 2 heteroatoms. The van der Waals surface area contributed by atoms with Crippen LogP contribution in [0.25, 0.3) is 28.0 Å². The molecule has 0 unspecified atom stereocenters. The Labute approximate surface area is 235 Å². The average Bonchev–Trinajstić information content (AvgIpc) is 3.24. The largest absolute Gasteiger partial charge is 0.466 e. The normalized spacial score (nSPS) is 13.0. The van der Waals surface area contributed by atoms with Crippen LogP contribution in [0.1, 0.15) is 33.4 Å². The lowest BCUT2D eigenvalue weighted by Crippen LogP contribution is -2.28. The fourth-order valence-electron chi connectivity index (χ4n) is 6.08. The van der Waals surface area contributed by atoms with E-state index in [1.54, 1.807) is 0 Å². The molecule has 0 atom stereocenters. The van der Waals surface area contributed by atoms with E-state index in [0.29, 0.717) is 0 Å². The summed E-state index contributed by atoms with van der Waals surface area (Å²) in [4.78, 5) is 0. The molecule has 0 aromatic heterocycles. The van der Waals surface area contributed by atoms with Crippen molar-refractivity contribution in [3.63, 3.8) is 0 Å². The van der Waals surface area contributed by atoms with Crippen molar-refractivity contribution in [2.75, 3.05) is 0 Å². The van der Waals surface area contributed by atoms with Gasteiger partial charge in [0.1, 0.15) is 11.5 Å². The number of hydrogen-bond donors (Lipinski definition) is 0. The van der Waals surface area contributed by atoms with Crippen LogP contribution in [0.3, 0.4) is 0 Å². The van der Waals surface area contributed by atoms with Gasteiger partial charge in [-0.25, -0.2) is 0 Å². The number of fused-ring (bicyclic) bond motifs is 4. The van der Waals surface area contributed by atoms with Crippen LogP contribution in [0.4, 0.5) is 0 Å². The minimum atomic E-state index is -0.571. The molecule has 0 amide bonds. The smallest absolute Gasteiger partial charge is 0.126 e. The topological polar surface area (TPSA) is 18.5 Å². The van der Waals surface area contributed by atoms with E-state index in [9.17, 15) is 0 Å². The highest BCUT2D eigenvalue weighted by molar-refractivity contribution is 5.96. The molecule has 5 aromatic rings. The molecule has 0 spiro atoms. The van der Waals surface area contributed by atoms with Crippen LogP contribution < -0.4 is 9.47 Å². The van der Waals surface area contributed by atoms with Gasteiger partial charge in [-0.2, -0.15) is 0 Å². The van der Waals surface area contributed by atoms with Gasteiger partial charge in [0.2, 0.25) is 0 Å². The molecule has 1 aliphatic carbocycles. The molecule has 5 aromatic carbocycles. The van der Waals surface area contributed by atoms with Crippen molar-refractivity contribution in [3.8, 4) is 22.6 Å². The molecule has 40 heavy (non-hydrogen) atoms. The number of aryl methyl sites for hydroxylation is 1.